The molecule has 0 unspecified atom stereocenters. The molecule has 3 N–H and O–H groups in total. The molecule has 0 bridgehead atoms. The number of benzene rings is 1. The Morgan fingerprint density at radius 1 is 1.02 bits per heavy atom. The van der Waals surface area contributed by atoms with Crippen LogP contribution in [0.3, 0.4) is 0 Å². The van der Waals surface area contributed by atoms with Gasteiger partial charge in [0.15, 0.2) is 0 Å². The third-order valence-electron chi connectivity index (χ3n) is 8.13. The molecule has 1 aromatic heterocycles. The van der Waals surface area contributed by atoms with Gasteiger partial charge < -0.3 is 15.0 Å². The highest BCUT2D eigenvalue weighted by Gasteiger charge is 2.31. The van der Waals surface area contributed by atoms with E-state index in [-0.39, 0.29) is 17.3 Å². The lowest BCUT2D eigenvalue weighted by atomic mass is 9.85. The molecule has 2 aromatic rings. The number of hydrogen-bond acceptors (Lipinski definition) is 4. The number of nitrogens with one attached hydrogen (secondary N) is 2. The van der Waals surface area contributed by atoms with Crippen LogP contribution in [-0.4, -0.2) is 41.7 Å². The van der Waals surface area contributed by atoms with Crippen molar-refractivity contribution in [3.8, 4) is 11.3 Å². The van der Waals surface area contributed by atoms with Gasteiger partial charge in [-0.15, -0.1) is 0 Å². The lowest BCUT2D eigenvalue weighted by Crippen LogP contribution is -2.43. The first-order valence-corrected chi connectivity index (χ1v) is 16.2. The van der Waals surface area contributed by atoms with Gasteiger partial charge in [-0.3, -0.25) is 4.79 Å². The fraction of sp³-hybridized carbons (Fsp3) is 0.656. The quantitative estimate of drug-likeness (QED) is 0.310. The Balaban J connectivity index is 2.14. The van der Waals surface area contributed by atoms with E-state index >= 15 is 0 Å². The molecule has 0 aliphatic heterocycles. The molecule has 1 amide bonds. The van der Waals surface area contributed by atoms with Crippen molar-refractivity contribution in [1.82, 2.24) is 14.6 Å². The molecule has 1 saturated carbocycles. The van der Waals surface area contributed by atoms with Crippen molar-refractivity contribution in [2.24, 2.45) is 5.92 Å². The number of nitrogens with zero attached hydrogens (tertiary/aromatic N) is 1. The highest BCUT2D eigenvalue weighted by atomic mass is 32.2. The standard InChI is InChI=1S/C32H51N3O4S/c1-10-31(6,7)34-40(38,39)28-17-16-24(18-26(28)30(3,4)5)27-19-25(29(36)33-21-32(8,9)37)22(2)35(27)20-23-14-12-11-13-15-23/h16-19,23,34,37H,10-15,20-21H2,1-9H3,(H,33,36). The molecule has 1 aromatic carbocycles. The number of aromatic nitrogens is 1. The average molecular weight is 574 g/mol. The van der Waals surface area contributed by atoms with Gasteiger partial charge in [-0.2, -0.15) is 0 Å². The Hall–Kier alpha value is -2.16. The molecule has 3 rings (SSSR count). The van der Waals surface area contributed by atoms with Crippen LogP contribution in [0.25, 0.3) is 11.3 Å². The Morgan fingerprint density at radius 2 is 1.65 bits per heavy atom. The molecule has 8 heteroatoms. The smallest absolute Gasteiger partial charge is 0.253 e. The molecular formula is C32H51N3O4S. The first kappa shape index (κ1) is 32.4. The summed E-state index contributed by atoms with van der Waals surface area (Å²) in [4.78, 5) is 13.5. The van der Waals surface area contributed by atoms with Crippen LogP contribution < -0.4 is 10.0 Å². The van der Waals surface area contributed by atoms with E-state index in [1.165, 1.54) is 32.1 Å². The van der Waals surface area contributed by atoms with Gasteiger partial charge in [0.2, 0.25) is 10.0 Å². The zero-order valence-electron chi connectivity index (χ0n) is 26.1. The summed E-state index contributed by atoms with van der Waals surface area (Å²) in [6.07, 6.45) is 6.72. The molecule has 1 aliphatic carbocycles. The van der Waals surface area contributed by atoms with E-state index in [2.05, 4.69) is 14.6 Å². The molecule has 0 atom stereocenters. The molecule has 7 nitrogen and oxygen atoms in total. The molecule has 0 spiro atoms. The summed E-state index contributed by atoms with van der Waals surface area (Å²) in [5.74, 6) is 0.317. The summed E-state index contributed by atoms with van der Waals surface area (Å²) in [6, 6.07) is 7.49. The number of carbonyl (C=O) groups is 1. The summed E-state index contributed by atoms with van der Waals surface area (Å²) in [7, 11) is -3.76. The average Bonchev–Trinajstić information content (AvgIpc) is 3.17. The molecule has 0 saturated heterocycles. The lowest BCUT2D eigenvalue weighted by Gasteiger charge is -2.28. The second-order valence-electron chi connectivity index (χ2n) is 13.9. The van der Waals surface area contributed by atoms with Gasteiger partial charge in [0.25, 0.3) is 5.91 Å². The van der Waals surface area contributed by atoms with Gasteiger partial charge >= 0.3 is 0 Å². The summed E-state index contributed by atoms with van der Waals surface area (Å²) in [6.45, 7) is 18.1. The van der Waals surface area contributed by atoms with Crippen molar-refractivity contribution in [3.05, 3.63) is 41.1 Å². The van der Waals surface area contributed by atoms with E-state index in [1.807, 2.05) is 66.7 Å². The van der Waals surface area contributed by atoms with Gasteiger partial charge in [-0.25, -0.2) is 13.1 Å². The maximum Gasteiger partial charge on any atom is 0.253 e. The normalized spacial score (nSPS) is 15.8. The number of aliphatic hydroxyl groups is 1. The second-order valence-corrected chi connectivity index (χ2v) is 15.6. The van der Waals surface area contributed by atoms with Crippen LogP contribution in [0.15, 0.2) is 29.2 Å². The molecule has 0 radical (unpaired) electrons. The van der Waals surface area contributed by atoms with Crippen molar-refractivity contribution >= 4 is 15.9 Å². The Bertz CT molecular complexity index is 1300. The first-order valence-electron chi connectivity index (χ1n) is 14.7. The van der Waals surface area contributed by atoms with E-state index in [0.29, 0.717) is 17.9 Å². The fourth-order valence-electron chi connectivity index (χ4n) is 5.37. The summed E-state index contributed by atoms with van der Waals surface area (Å²) in [5, 5.41) is 13.0. The van der Waals surface area contributed by atoms with E-state index in [1.54, 1.807) is 19.9 Å². The second kappa shape index (κ2) is 12.0. The maximum atomic E-state index is 13.6. The van der Waals surface area contributed by atoms with E-state index < -0.39 is 26.6 Å². The number of carbonyl (C=O) groups excluding carboxylic acids is 1. The minimum atomic E-state index is -3.76. The summed E-state index contributed by atoms with van der Waals surface area (Å²) < 4.78 is 32.2. The molecule has 224 valence electrons. The Kier molecular flexibility index (Phi) is 9.69. The Morgan fingerprint density at radius 3 is 2.20 bits per heavy atom. The van der Waals surface area contributed by atoms with Crippen molar-refractivity contribution in [1.29, 1.82) is 0 Å². The maximum absolute atomic E-state index is 13.6. The zero-order chi connectivity index (χ0) is 30.1. The first-order chi connectivity index (χ1) is 18.3. The highest BCUT2D eigenvalue weighted by Crippen LogP contribution is 2.36. The van der Waals surface area contributed by atoms with Crippen LogP contribution >= 0.6 is 0 Å². The van der Waals surface area contributed by atoms with Gasteiger partial charge in [-0.05, 0) is 94.5 Å². The third-order valence-corrected chi connectivity index (χ3v) is 9.88. The zero-order valence-corrected chi connectivity index (χ0v) is 26.9. The van der Waals surface area contributed by atoms with Crippen LogP contribution in [0.4, 0.5) is 0 Å². The van der Waals surface area contributed by atoms with Gasteiger partial charge in [-0.1, -0.05) is 53.0 Å². The van der Waals surface area contributed by atoms with E-state index in [0.717, 1.165) is 29.1 Å². The van der Waals surface area contributed by atoms with Crippen LogP contribution in [0, 0.1) is 12.8 Å². The third kappa shape index (κ3) is 7.98. The Labute approximate surface area is 242 Å². The minimum absolute atomic E-state index is 0.149. The molecule has 1 aliphatic rings. The van der Waals surface area contributed by atoms with Gasteiger partial charge in [0, 0.05) is 30.0 Å². The van der Waals surface area contributed by atoms with Crippen LogP contribution in [0.1, 0.15) is 116 Å². The van der Waals surface area contributed by atoms with Crippen LogP contribution in [0.5, 0.6) is 0 Å². The van der Waals surface area contributed by atoms with Crippen molar-refractivity contribution in [3.63, 3.8) is 0 Å². The number of hydrogen-bond donors (Lipinski definition) is 3. The van der Waals surface area contributed by atoms with E-state index in [4.69, 9.17) is 0 Å². The van der Waals surface area contributed by atoms with E-state index in [9.17, 15) is 18.3 Å². The monoisotopic (exact) mass is 573 g/mol. The molecule has 1 heterocycles. The largest absolute Gasteiger partial charge is 0.389 e. The lowest BCUT2D eigenvalue weighted by molar-refractivity contribution is 0.0694. The number of rotatable bonds is 10. The van der Waals surface area contributed by atoms with Crippen molar-refractivity contribution in [2.75, 3.05) is 6.54 Å². The molecule has 1 fully saturated rings. The number of amides is 1. The molecule has 40 heavy (non-hydrogen) atoms. The summed E-state index contributed by atoms with van der Waals surface area (Å²) in [5.41, 5.74) is 1.99. The topological polar surface area (TPSA) is 100 Å². The SMILES string of the molecule is CCC(C)(C)NS(=O)(=O)c1ccc(-c2cc(C(=O)NCC(C)(C)O)c(C)n2CC2CCCCC2)cc1C(C)(C)C. The predicted molar refractivity (Wildman–Crippen MR) is 163 cm³/mol. The highest BCUT2D eigenvalue weighted by molar-refractivity contribution is 7.89. The number of sulfonamides is 1. The fourth-order valence-corrected chi connectivity index (χ4v) is 7.25. The predicted octanol–water partition coefficient (Wildman–Crippen LogP) is 6.31. The molecular weight excluding hydrogens is 522 g/mol. The van der Waals surface area contributed by atoms with Gasteiger partial charge in [0.1, 0.15) is 0 Å². The minimum Gasteiger partial charge on any atom is -0.389 e. The van der Waals surface area contributed by atoms with Crippen molar-refractivity contribution < 1.29 is 18.3 Å². The van der Waals surface area contributed by atoms with Gasteiger partial charge in [0.05, 0.1) is 16.1 Å². The summed E-state index contributed by atoms with van der Waals surface area (Å²) >= 11 is 0. The van der Waals surface area contributed by atoms with Crippen LogP contribution in [-0.2, 0) is 22.0 Å². The van der Waals surface area contributed by atoms with Crippen LogP contribution in [0.2, 0.25) is 0 Å². The van der Waals surface area contributed by atoms with Crippen molar-refractivity contribution in [2.45, 2.75) is 129 Å².